The number of carbonyl (C=O) groups excluding carboxylic acids is 1. The average molecular weight is 281 g/mol. The Morgan fingerprint density at radius 2 is 2.37 bits per heavy atom. The molecule has 0 spiro atoms. The molecule has 2 aromatic heterocycles. The van der Waals surface area contributed by atoms with Crippen LogP contribution in [-0.2, 0) is 13.1 Å². The largest absolute Gasteiger partial charge is 0.359 e. The zero-order valence-corrected chi connectivity index (χ0v) is 11.5. The van der Waals surface area contributed by atoms with Gasteiger partial charge < -0.3 is 4.52 Å². The normalized spacial score (nSPS) is 10.9. The van der Waals surface area contributed by atoms with Gasteiger partial charge in [0.1, 0.15) is 0 Å². The van der Waals surface area contributed by atoms with Crippen molar-refractivity contribution in [1.29, 1.82) is 0 Å². The summed E-state index contributed by atoms with van der Waals surface area (Å²) in [6.07, 6.45) is 0. The van der Waals surface area contributed by atoms with Gasteiger partial charge in [0.05, 0.1) is 17.2 Å². The molecule has 0 atom stereocenters. The number of carbonyl (C=O) groups is 1. The molecular weight excluding hydrogens is 266 g/mol. The lowest BCUT2D eigenvalue weighted by Gasteiger charge is -2.12. The third-order valence-electron chi connectivity index (χ3n) is 2.45. The number of aryl methyl sites for hydroxylation is 1. The zero-order chi connectivity index (χ0) is 13.8. The molecule has 0 bridgehead atoms. The molecule has 19 heavy (non-hydrogen) atoms. The van der Waals surface area contributed by atoms with Gasteiger partial charge in [-0.2, -0.15) is 0 Å². The molecule has 0 aliphatic rings. The van der Waals surface area contributed by atoms with E-state index in [0.717, 1.165) is 10.7 Å². The lowest BCUT2D eigenvalue weighted by molar-refractivity contribution is 0.0944. The first-order valence-corrected chi connectivity index (χ1v) is 6.52. The summed E-state index contributed by atoms with van der Waals surface area (Å²) in [7, 11) is 1.94. The van der Waals surface area contributed by atoms with Gasteiger partial charge in [-0.25, -0.2) is 10.8 Å². The number of hydrogen-bond donors (Lipinski definition) is 2. The van der Waals surface area contributed by atoms with Crippen molar-refractivity contribution in [1.82, 2.24) is 20.5 Å². The Bertz CT molecular complexity index is 565. The summed E-state index contributed by atoms with van der Waals surface area (Å²) in [6.45, 7) is 3.23. The molecule has 0 aromatic carbocycles. The number of nitrogens with two attached hydrogens (primary N) is 1. The van der Waals surface area contributed by atoms with Crippen LogP contribution in [0.2, 0.25) is 0 Å². The Morgan fingerprint density at radius 3 is 3.00 bits per heavy atom. The van der Waals surface area contributed by atoms with Crippen molar-refractivity contribution in [3.63, 3.8) is 0 Å². The van der Waals surface area contributed by atoms with Crippen molar-refractivity contribution in [2.45, 2.75) is 20.0 Å². The quantitative estimate of drug-likeness (QED) is 0.475. The van der Waals surface area contributed by atoms with E-state index in [1.54, 1.807) is 17.4 Å². The molecule has 0 saturated heterocycles. The van der Waals surface area contributed by atoms with Crippen LogP contribution in [0.5, 0.6) is 0 Å². The van der Waals surface area contributed by atoms with Gasteiger partial charge in [-0.05, 0) is 14.0 Å². The van der Waals surface area contributed by atoms with Crippen LogP contribution in [0.4, 0.5) is 0 Å². The van der Waals surface area contributed by atoms with Crippen LogP contribution in [0.25, 0.3) is 0 Å². The number of nitrogens with one attached hydrogen (secondary N) is 1. The predicted molar refractivity (Wildman–Crippen MR) is 70.2 cm³/mol. The van der Waals surface area contributed by atoms with Crippen LogP contribution in [-0.4, -0.2) is 28.0 Å². The smallest absolute Gasteiger partial charge is 0.287 e. The fourth-order valence-electron chi connectivity index (χ4n) is 1.65. The molecule has 3 N–H and O–H groups in total. The lowest BCUT2D eigenvalue weighted by Crippen LogP contribution is -2.30. The molecule has 0 radical (unpaired) electrons. The van der Waals surface area contributed by atoms with E-state index in [1.807, 2.05) is 29.7 Å². The predicted octanol–water partition coefficient (Wildman–Crippen LogP) is 0.675. The van der Waals surface area contributed by atoms with Crippen molar-refractivity contribution in [3.8, 4) is 0 Å². The number of nitrogens with zero attached hydrogens (tertiary/aromatic N) is 3. The summed E-state index contributed by atoms with van der Waals surface area (Å²) in [6, 6.07) is 1.57. The van der Waals surface area contributed by atoms with E-state index in [-0.39, 0.29) is 5.69 Å². The van der Waals surface area contributed by atoms with Crippen LogP contribution in [0.1, 0.15) is 27.0 Å². The highest BCUT2D eigenvalue weighted by Crippen LogP contribution is 2.12. The Balaban J connectivity index is 1.93. The Morgan fingerprint density at radius 1 is 1.58 bits per heavy atom. The number of rotatable bonds is 5. The lowest BCUT2D eigenvalue weighted by atomic mass is 10.3. The summed E-state index contributed by atoms with van der Waals surface area (Å²) in [5, 5.41) is 6.72. The molecule has 7 nitrogen and oxygen atoms in total. The monoisotopic (exact) mass is 281 g/mol. The number of thiazole rings is 1. The Labute approximate surface area is 114 Å². The van der Waals surface area contributed by atoms with Crippen molar-refractivity contribution in [2.75, 3.05) is 7.05 Å². The molecule has 102 valence electrons. The standard InChI is InChI=1S/C11H15N5O2S/c1-7-13-8(6-19-7)4-16(2)5-9-3-10(15-18-9)11(17)14-12/h3,6H,4-5,12H2,1-2H3,(H,14,17). The van der Waals surface area contributed by atoms with E-state index in [2.05, 4.69) is 10.1 Å². The van der Waals surface area contributed by atoms with Gasteiger partial charge in [0.25, 0.3) is 5.91 Å². The zero-order valence-electron chi connectivity index (χ0n) is 10.7. The minimum atomic E-state index is -0.465. The van der Waals surface area contributed by atoms with Gasteiger partial charge in [-0.1, -0.05) is 5.16 Å². The van der Waals surface area contributed by atoms with Gasteiger partial charge in [-0.3, -0.25) is 15.1 Å². The topological polar surface area (TPSA) is 97.3 Å². The molecule has 2 aromatic rings. The van der Waals surface area contributed by atoms with Crippen molar-refractivity contribution >= 4 is 17.2 Å². The second-order valence-electron chi connectivity index (χ2n) is 4.18. The minimum Gasteiger partial charge on any atom is -0.359 e. The summed E-state index contributed by atoms with van der Waals surface area (Å²) in [5.74, 6) is 5.16. The van der Waals surface area contributed by atoms with E-state index in [0.29, 0.717) is 18.8 Å². The van der Waals surface area contributed by atoms with Gasteiger partial charge in [0.2, 0.25) is 0 Å². The van der Waals surface area contributed by atoms with Crippen LogP contribution in [0.15, 0.2) is 16.0 Å². The van der Waals surface area contributed by atoms with Crippen LogP contribution >= 0.6 is 11.3 Å². The third kappa shape index (κ3) is 3.60. The minimum absolute atomic E-state index is 0.176. The Hall–Kier alpha value is -1.77. The van der Waals surface area contributed by atoms with E-state index < -0.39 is 5.91 Å². The molecule has 0 aliphatic heterocycles. The maximum Gasteiger partial charge on any atom is 0.287 e. The molecule has 1 amide bonds. The number of nitrogen functional groups attached to an aromatic ring is 1. The van der Waals surface area contributed by atoms with E-state index >= 15 is 0 Å². The highest BCUT2D eigenvalue weighted by Gasteiger charge is 2.13. The fourth-order valence-corrected chi connectivity index (χ4v) is 2.25. The first kappa shape index (κ1) is 13.7. The summed E-state index contributed by atoms with van der Waals surface area (Å²) >= 11 is 1.62. The molecule has 2 rings (SSSR count). The fraction of sp³-hybridized carbons (Fsp3) is 0.364. The molecular formula is C11H15N5O2S. The maximum absolute atomic E-state index is 11.2. The number of hydrazine groups is 1. The molecule has 0 fully saturated rings. The average Bonchev–Trinajstić information content (AvgIpc) is 2.98. The number of amides is 1. The summed E-state index contributed by atoms with van der Waals surface area (Å²) in [4.78, 5) is 17.6. The van der Waals surface area contributed by atoms with Crippen molar-refractivity contribution in [2.24, 2.45) is 5.84 Å². The molecule has 0 unspecified atom stereocenters. The SMILES string of the molecule is Cc1nc(CN(C)Cc2cc(C(=O)NN)no2)cs1. The van der Waals surface area contributed by atoms with Gasteiger partial charge in [0, 0.05) is 18.0 Å². The second-order valence-corrected chi connectivity index (χ2v) is 5.24. The van der Waals surface area contributed by atoms with Gasteiger partial charge in [0.15, 0.2) is 11.5 Å². The maximum atomic E-state index is 11.2. The summed E-state index contributed by atoms with van der Waals surface area (Å²) < 4.78 is 5.08. The van der Waals surface area contributed by atoms with Gasteiger partial charge in [-0.15, -0.1) is 11.3 Å². The molecule has 0 saturated carbocycles. The van der Waals surface area contributed by atoms with Crippen molar-refractivity contribution < 1.29 is 9.32 Å². The summed E-state index contributed by atoms with van der Waals surface area (Å²) in [5.41, 5.74) is 3.20. The number of aromatic nitrogens is 2. The highest BCUT2D eigenvalue weighted by atomic mass is 32.1. The van der Waals surface area contributed by atoms with E-state index in [9.17, 15) is 4.79 Å². The number of hydrogen-bond acceptors (Lipinski definition) is 7. The van der Waals surface area contributed by atoms with Crippen LogP contribution in [0, 0.1) is 6.92 Å². The molecule has 0 aliphatic carbocycles. The third-order valence-corrected chi connectivity index (χ3v) is 3.27. The van der Waals surface area contributed by atoms with E-state index in [1.165, 1.54) is 0 Å². The first-order chi connectivity index (χ1) is 9.08. The molecule has 8 heteroatoms. The Kier molecular flexibility index (Phi) is 4.25. The first-order valence-electron chi connectivity index (χ1n) is 5.64. The van der Waals surface area contributed by atoms with E-state index in [4.69, 9.17) is 10.4 Å². The van der Waals surface area contributed by atoms with Gasteiger partial charge >= 0.3 is 0 Å². The molecule has 2 heterocycles. The highest BCUT2D eigenvalue weighted by molar-refractivity contribution is 7.09. The van der Waals surface area contributed by atoms with Crippen molar-refractivity contribution in [3.05, 3.63) is 33.6 Å². The van der Waals surface area contributed by atoms with Crippen LogP contribution in [0.3, 0.4) is 0 Å². The van der Waals surface area contributed by atoms with Crippen LogP contribution < -0.4 is 11.3 Å². The second kappa shape index (κ2) is 5.91.